The predicted molar refractivity (Wildman–Crippen MR) is 149 cm³/mol. The summed E-state index contributed by atoms with van der Waals surface area (Å²) < 4.78 is 25.5. The lowest BCUT2D eigenvalue weighted by molar-refractivity contribution is -0.134. The van der Waals surface area contributed by atoms with Crippen LogP contribution in [0.3, 0.4) is 0 Å². The van der Waals surface area contributed by atoms with Crippen molar-refractivity contribution in [1.29, 1.82) is 0 Å². The van der Waals surface area contributed by atoms with Crippen LogP contribution in [-0.2, 0) is 16.0 Å². The molecular weight excluding hydrogens is 511 g/mol. The second-order valence-corrected chi connectivity index (χ2v) is 10.2. The maximum atomic E-state index is 15.1. The lowest BCUT2D eigenvalue weighted by atomic mass is 9.98. The third-order valence-electron chi connectivity index (χ3n) is 7.19. The molecule has 1 aliphatic heterocycles. The van der Waals surface area contributed by atoms with E-state index in [1.54, 1.807) is 12.1 Å². The molecule has 1 fully saturated rings. The molecule has 0 saturated carbocycles. The molecule has 1 aliphatic rings. The molecule has 2 heterocycles. The molecule has 1 saturated heterocycles. The Kier molecular flexibility index (Phi) is 8.19. The first kappa shape index (κ1) is 27.1. The molecule has 1 atom stereocenters. The number of piperidine rings is 1. The molecule has 9 heteroatoms. The highest BCUT2D eigenvalue weighted by atomic mass is 19.1. The van der Waals surface area contributed by atoms with Crippen molar-refractivity contribution in [3.8, 4) is 22.8 Å². The van der Waals surface area contributed by atoms with Gasteiger partial charge in [-0.1, -0.05) is 41.9 Å². The predicted octanol–water partition coefficient (Wildman–Crippen LogP) is 5.56. The van der Waals surface area contributed by atoms with Crippen molar-refractivity contribution in [1.82, 2.24) is 15.5 Å². The largest absolute Gasteiger partial charge is 0.444 e. The minimum atomic E-state index is -0.979. The molecular formula is C31H31FN4O4. The Bertz CT molecular complexity index is 1480. The number of amides is 1. The van der Waals surface area contributed by atoms with Crippen molar-refractivity contribution in [2.24, 2.45) is 5.92 Å². The summed E-state index contributed by atoms with van der Waals surface area (Å²) in [5, 5.41) is 6.66. The molecule has 8 nitrogen and oxygen atoms in total. The Morgan fingerprint density at radius 2 is 1.93 bits per heavy atom. The summed E-state index contributed by atoms with van der Waals surface area (Å²) in [6, 6.07) is 19.5. The minimum Gasteiger partial charge on any atom is -0.444 e. The number of aryl methyl sites for hydroxylation is 1. The van der Waals surface area contributed by atoms with Crippen LogP contribution in [0.5, 0.6) is 0 Å². The molecule has 0 aliphatic carbocycles. The number of ether oxygens (including phenoxy) is 1. The average molecular weight is 543 g/mol. The number of hydrogen-bond acceptors (Lipinski definition) is 7. The van der Waals surface area contributed by atoms with Gasteiger partial charge in [-0.05, 0) is 73.7 Å². The number of benzene rings is 3. The van der Waals surface area contributed by atoms with E-state index >= 15 is 4.39 Å². The van der Waals surface area contributed by atoms with Crippen LogP contribution < -0.4 is 10.2 Å². The Labute approximate surface area is 232 Å². The number of hydrogen-bond donors (Lipinski definition) is 1. The number of halogens is 1. The fourth-order valence-corrected chi connectivity index (χ4v) is 4.77. The van der Waals surface area contributed by atoms with Gasteiger partial charge in [0.1, 0.15) is 5.82 Å². The van der Waals surface area contributed by atoms with Crippen LogP contribution in [0.4, 0.5) is 10.1 Å². The minimum absolute atomic E-state index is 0.0756. The number of nitrogens with one attached hydrogen (secondary N) is 1. The number of nitrogens with zero attached hydrogens (tertiary/aromatic N) is 3. The van der Waals surface area contributed by atoms with Crippen LogP contribution in [-0.4, -0.2) is 41.8 Å². The molecule has 5 rings (SSSR count). The molecule has 1 unspecified atom stereocenters. The molecule has 0 radical (unpaired) electrons. The molecule has 1 aromatic heterocycles. The molecule has 40 heavy (non-hydrogen) atoms. The number of anilines is 1. The van der Waals surface area contributed by atoms with Gasteiger partial charge in [0.2, 0.25) is 5.82 Å². The van der Waals surface area contributed by atoms with Crippen LogP contribution in [0.1, 0.15) is 41.3 Å². The summed E-state index contributed by atoms with van der Waals surface area (Å²) in [5.41, 5.74) is 3.97. The van der Waals surface area contributed by atoms with E-state index in [0.717, 1.165) is 42.7 Å². The maximum absolute atomic E-state index is 15.1. The third-order valence-corrected chi connectivity index (χ3v) is 7.19. The van der Waals surface area contributed by atoms with E-state index in [9.17, 15) is 9.59 Å². The van der Waals surface area contributed by atoms with E-state index in [-0.39, 0.29) is 30.2 Å². The number of aromatic nitrogens is 2. The highest BCUT2D eigenvalue weighted by molar-refractivity contribution is 5.95. The van der Waals surface area contributed by atoms with Crippen molar-refractivity contribution >= 4 is 18.1 Å². The average Bonchev–Trinajstić information content (AvgIpc) is 3.44. The van der Waals surface area contributed by atoms with Gasteiger partial charge in [-0.3, -0.25) is 9.59 Å². The SMILES string of the molecule is Cc1ccc(-c2nc(-c3ccc(CC(NC(=O)c4cccc(N5CCC(C)CC5)c4)OC=O)cc3F)no2)cc1. The molecule has 206 valence electrons. The Morgan fingerprint density at radius 3 is 2.65 bits per heavy atom. The fraction of sp³-hybridized carbons (Fsp3) is 0.290. The van der Waals surface area contributed by atoms with E-state index < -0.39 is 12.0 Å². The first-order valence-corrected chi connectivity index (χ1v) is 13.3. The summed E-state index contributed by atoms with van der Waals surface area (Å²) in [5.74, 6) is 0.169. The lowest BCUT2D eigenvalue weighted by Gasteiger charge is -2.32. The van der Waals surface area contributed by atoms with Crippen molar-refractivity contribution in [3.05, 3.63) is 89.2 Å². The van der Waals surface area contributed by atoms with Gasteiger partial charge >= 0.3 is 0 Å². The van der Waals surface area contributed by atoms with E-state index in [4.69, 9.17) is 9.26 Å². The maximum Gasteiger partial charge on any atom is 0.295 e. The van der Waals surface area contributed by atoms with Crippen LogP contribution in [0.15, 0.2) is 71.3 Å². The van der Waals surface area contributed by atoms with Gasteiger partial charge < -0.3 is 19.5 Å². The van der Waals surface area contributed by atoms with Gasteiger partial charge in [0.05, 0.1) is 5.56 Å². The summed E-state index contributed by atoms with van der Waals surface area (Å²) in [4.78, 5) is 30.8. The Hall–Kier alpha value is -4.53. The summed E-state index contributed by atoms with van der Waals surface area (Å²) in [6.07, 6.45) is 1.32. The molecule has 1 amide bonds. The van der Waals surface area contributed by atoms with Gasteiger partial charge in [0, 0.05) is 36.3 Å². The smallest absolute Gasteiger partial charge is 0.295 e. The molecule has 4 aromatic rings. The van der Waals surface area contributed by atoms with Crippen LogP contribution in [0, 0.1) is 18.7 Å². The molecule has 3 aromatic carbocycles. The van der Waals surface area contributed by atoms with E-state index in [0.29, 0.717) is 22.9 Å². The molecule has 0 spiro atoms. The van der Waals surface area contributed by atoms with Crippen LogP contribution >= 0.6 is 0 Å². The second-order valence-electron chi connectivity index (χ2n) is 10.2. The monoisotopic (exact) mass is 542 g/mol. The molecule has 0 bridgehead atoms. The fourth-order valence-electron chi connectivity index (χ4n) is 4.77. The van der Waals surface area contributed by atoms with Gasteiger partial charge in [-0.25, -0.2) is 4.39 Å². The third kappa shape index (κ3) is 6.36. The Morgan fingerprint density at radius 1 is 1.15 bits per heavy atom. The number of carbonyl (C=O) groups is 2. The zero-order valence-electron chi connectivity index (χ0n) is 22.5. The quantitative estimate of drug-likeness (QED) is 0.218. The van der Waals surface area contributed by atoms with Crippen molar-refractivity contribution in [2.45, 2.75) is 39.3 Å². The van der Waals surface area contributed by atoms with E-state index in [1.165, 1.54) is 12.1 Å². The summed E-state index contributed by atoms with van der Waals surface area (Å²) >= 11 is 0. The first-order chi connectivity index (χ1) is 19.4. The highest BCUT2D eigenvalue weighted by Gasteiger charge is 2.20. The van der Waals surface area contributed by atoms with Gasteiger partial charge in [-0.2, -0.15) is 4.98 Å². The van der Waals surface area contributed by atoms with Gasteiger partial charge in [0.25, 0.3) is 18.3 Å². The van der Waals surface area contributed by atoms with Crippen molar-refractivity contribution < 1.29 is 23.2 Å². The van der Waals surface area contributed by atoms with Gasteiger partial charge in [0.15, 0.2) is 6.23 Å². The van der Waals surface area contributed by atoms with Crippen LogP contribution in [0.2, 0.25) is 0 Å². The normalized spacial score (nSPS) is 14.5. The zero-order chi connectivity index (χ0) is 28.1. The number of carbonyl (C=O) groups excluding carboxylic acids is 2. The number of rotatable bonds is 9. The first-order valence-electron chi connectivity index (χ1n) is 13.3. The van der Waals surface area contributed by atoms with Crippen LogP contribution in [0.25, 0.3) is 22.8 Å². The topological polar surface area (TPSA) is 97.6 Å². The zero-order valence-corrected chi connectivity index (χ0v) is 22.5. The summed E-state index contributed by atoms with van der Waals surface area (Å²) in [6.45, 7) is 6.39. The second kappa shape index (κ2) is 12.1. The van der Waals surface area contributed by atoms with Crippen molar-refractivity contribution in [2.75, 3.05) is 18.0 Å². The Balaban J connectivity index is 1.26. The highest BCUT2D eigenvalue weighted by Crippen LogP contribution is 2.26. The van der Waals surface area contributed by atoms with Crippen molar-refractivity contribution in [3.63, 3.8) is 0 Å². The van der Waals surface area contributed by atoms with E-state index in [2.05, 4.69) is 27.3 Å². The van der Waals surface area contributed by atoms with E-state index in [1.807, 2.05) is 49.4 Å². The van der Waals surface area contributed by atoms with Gasteiger partial charge in [-0.15, -0.1) is 0 Å². The lowest BCUT2D eigenvalue weighted by Crippen LogP contribution is -2.38. The summed E-state index contributed by atoms with van der Waals surface area (Å²) in [7, 11) is 0. The standard InChI is InChI=1S/C31H31FN4O4/c1-20-6-9-23(10-7-20)31-34-29(35-40-31)26-11-8-22(16-27(26)32)17-28(39-19-37)33-30(38)24-4-3-5-25(18-24)36-14-12-21(2)13-15-36/h3-11,16,18-19,21,28H,12-15,17H2,1-2H3,(H,33,38). The molecule has 1 N–H and O–H groups in total.